The van der Waals surface area contributed by atoms with Crippen molar-refractivity contribution in [2.24, 2.45) is 0 Å². The predicted molar refractivity (Wildman–Crippen MR) is 91.7 cm³/mol. The monoisotopic (exact) mass is 348 g/mol. The van der Waals surface area contributed by atoms with Gasteiger partial charge in [-0.2, -0.15) is 4.98 Å². The van der Waals surface area contributed by atoms with E-state index in [1.165, 1.54) is 0 Å². The molecule has 0 aliphatic carbocycles. The number of halogens is 1. The average molecular weight is 349 g/mol. The molecular weight excluding hydrogens is 328 g/mol. The molecular formula is C17H21ClN4O2. The number of benzene rings is 1. The predicted octanol–water partition coefficient (Wildman–Crippen LogP) is 2.53. The Hall–Kier alpha value is -1.92. The first-order valence-electron chi connectivity index (χ1n) is 8.19. The number of piperidine rings is 1. The van der Waals surface area contributed by atoms with Crippen molar-refractivity contribution in [1.82, 2.24) is 20.4 Å². The highest BCUT2D eigenvalue weighted by Crippen LogP contribution is 2.19. The van der Waals surface area contributed by atoms with Gasteiger partial charge in [0, 0.05) is 42.6 Å². The van der Waals surface area contributed by atoms with Crippen molar-refractivity contribution >= 4 is 17.5 Å². The SMILES string of the molecule is CNC1CCCN(C(=O)CCc2nc(-c3ccc(Cl)cc3)no2)C1. The van der Waals surface area contributed by atoms with Crippen molar-refractivity contribution in [3.05, 3.63) is 35.2 Å². The maximum Gasteiger partial charge on any atom is 0.227 e. The summed E-state index contributed by atoms with van der Waals surface area (Å²) in [4.78, 5) is 18.6. The molecule has 1 aromatic heterocycles. The minimum Gasteiger partial charge on any atom is -0.341 e. The number of likely N-dealkylation sites (tertiary alicyclic amines) is 1. The first-order chi connectivity index (χ1) is 11.7. The first kappa shape index (κ1) is 16.9. The van der Waals surface area contributed by atoms with Gasteiger partial charge in [-0.3, -0.25) is 4.79 Å². The largest absolute Gasteiger partial charge is 0.341 e. The summed E-state index contributed by atoms with van der Waals surface area (Å²) >= 11 is 5.87. The Labute approximate surface area is 146 Å². The molecule has 1 N–H and O–H groups in total. The molecule has 0 bridgehead atoms. The molecule has 1 aromatic carbocycles. The summed E-state index contributed by atoms with van der Waals surface area (Å²) in [5.74, 6) is 1.14. The lowest BCUT2D eigenvalue weighted by atomic mass is 10.1. The van der Waals surface area contributed by atoms with Crippen LogP contribution in [0.3, 0.4) is 0 Å². The minimum atomic E-state index is 0.140. The van der Waals surface area contributed by atoms with Gasteiger partial charge in [0.15, 0.2) is 0 Å². The summed E-state index contributed by atoms with van der Waals surface area (Å²) < 4.78 is 5.25. The van der Waals surface area contributed by atoms with E-state index in [4.69, 9.17) is 16.1 Å². The normalized spacial score (nSPS) is 17.9. The van der Waals surface area contributed by atoms with Crippen LogP contribution in [0, 0.1) is 0 Å². The number of aryl methyl sites for hydroxylation is 1. The van der Waals surface area contributed by atoms with E-state index in [9.17, 15) is 4.79 Å². The number of carbonyl (C=O) groups is 1. The number of rotatable bonds is 5. The molecule has 128 valence electrons. The summed E-state index contributed by atoms with van der Waals surface area (Å²) in [6.07, 6.45) is 3.01. The molecule has 1 aliphatic rings. The topological polar surface area (TPSA) is 71.3 Å². The maximum absolute atomic E-state index is 12.3. The van der Waals surface area contributed by atoms with Crippen molar-refractivity contribution in [3.63, 3.8) is 0 Å². The van der Waals surface area contributed by atoms with Gasteiger partial charge in [-0.25, -0.2) is 0 Å². The van der Waals surface area contributed by atoms with Crippen LogP contribution in [-0.2, 0) is 11.2 Å². The standard InChI is InChI=1S/C17H21ClN4O2/c1-19-14-3-2-10-22(11-14)16(23)9-8-15-20-17(21-24-15)12-4-6-13(18)7-5-12/h4-7,14,19H,2-3,8-11H2,1H3. The Kier molecular flexibility index (Phi) is 5.48. The van der Waals surface area contributed by atoms with E-state index in [2.05, 4.69) is 15.5 Å². The van der Waals surface area contributed by atoms with Crippen LogP contribution >= 0.6 is 11.6 Å². The second-order valence-electron chi connectivity index (χ2n) is 5.99. The summed E-state index contributed by atoms with van der Waals surface area (Å²) in [7, 11) is 1.94. The Morgan fingerprint density at radius 3 is 2.96 bits per heavy atom. The molecule has 1 fully saturated rings. The zero-order chi connectivity index (χ0) is 16.9. The van der Waals surface area contributed by atoms with Crippen LogP contribution in [0.4, 0.5) is 0 Å². The number of amides is 1. The van der Waals surface area contributed by atoms with E-state index in [1.807, 2.05) is 24.1 Å². The molecule has 6 nitrogen and oxygen atoms in total. The van der Waals surface area contributed by atoms with Crippen molar-refractivity contribution in [2.45, 2.75) is 31.7 Å². The summed E-state index contributed by atoms with van der Waals surface area (Å²) in [5, 5.41) is 7.87. The molecule has 1 aliphatic heterocycles. The van der Waals surface area contributed by atoms with Crippen LogP contribution in [0.15, 0.2) is 28.8 Å². The minimum absolute atomic E-state index is 0.140. The fraction of sp³-hybridized carbons (Fsp3) is 0.471. The highest BCUT2D eigenvalue weighted by atomic mass is 35.5. The van der Waals surface area contributed by atoms with Gasteiger partial charge >= 0.3 is 0 Å². The van der Waals surface area contributed by atoms with Gasteiger partial charge in [0.25, 0.3) is 0 Å². The van der Waals surface area contributed by atoms with Crippen molar-refractivity contribution < 1.29 is 9.32 Å². The van der Waals surface area contributed by atoms with Crippen molar-refractivity contribution in [1.29, 1.82) is 0 Å². The molecule has 24 heavy (non-hydrogen) atoms. The third kappa shape index (κ3) is 4.13. The molecule has 1 unspecified atom stereocenters. The van der Waals surface area contributed by atoms with Gasteiger partial charge < -0.3 is 14.7 Å². The Bertz CT molecular complexity index is 686. The fourth-order valence-corrected chi connectivity index (χ4v) is 3.01. The zero-order valence-corrected chi connectivity index (χ0v) is 14.4. The Balaban J connectivity index is 1.55. The van der Waals surface area contributed by atoms with Crippen LogP contribution in [0.1, 0.15) is 25.2 Å². The van der Waals surface area contributed by atoms with Crippen LogP contribution in [0.2, 0.25) is 5.02 Å². The lowest BCUT2D eigenvalue weighted by molar-refractivity contribution is -0.132. The Morgan fingerprint density at radius 1 is 1.42 bits per heavy atom. The van der Waals surface area contributed by atoms with Gasteiger partial charge in [-0.15, -0.1) is 0 Å². The van der Waals surface area contributed by atoms with Gasteiger partial charge in [0.05, 0.1) is 0 Å². The molecule has 2 heterocycles. The molecule has 1 saturated heterocycles. The van der Waals surface area contributed by atoms with E-state index in [0.717, 1.165) is 31.5 Å². The van der Waals surface area contributed by atoms with Gasteiger partial charge in [0.1, 0.15) is 0 Å². The van der Waals surface area contributed by atoms with Crippen LogP contribution in [0.25, 0.3) is 11.4 Å². The van der Waals surface area contributed by atoms with Crippen LogP contribution < -0.4 is 5.32 Å². The fourth-order valence-electron chi connectivity index (χ4n) is 2.88. The van der Waals surface area contributed by atoms with Gasteiger partial charge in [-0.05, 0) is 44.2 Å². The van der Waals surface area contributed by atoms with E-state index in [0.29, 0.717) is 35.6 Å². The van der Waals surface area contributed by atoms with E-state index in [-0.39, 0.29) is 5.91 Å². The summed E-state index contributed by atoms with van der Waals surface area (Å²) in [6.45, 7) is 1.60. The quantitative estimate of drug-likeness (QED) is 0.899. The number of carbonyl (C=O) groups excluding carboxylic acids is 1. The van der Waals surface area contributed by atoms with Crippen LogP contribution in [0.5, 0.6) is 0 Å². The number of hydrogen-bond acceptors (Lipinski definition) is 5. The van der Waals surface area contributed by atoms with E-state index < -0.39 is 0 Å². The molecule has 2 aromatic rings. The number of likely N-dealkylation sites (N-methyl/N-ethyl adjacent to an activating group) is 1. The molecule has 3 rings (SSSR count). The Morgan fingerprint density at radius 2 is 2.21 bits per heavy atom. The smallest absolute Gasteiger partial charge is 0.227 e. The molecule has 0 saturated carbocycles. The van der Waals surface area contributed by atoms with Gasteiger partial charge in [-0.1, -0.05) is 16.8 Å². The maximum atomic E-state index is 12.3. The highest BCUT2D eigenvalue weighted by molar-refractivity contribution is 6.30. The average Bonchev–Trinajstić information content (AvgIpc) is 3.09. The second kappa shape index (κ2) is 7.77. The summed E-state index contributed by atoms with van der Waals surface area (Å²) in [6, 6.07) is 7.64. The first-order valence-corrected chi connectivity index (χ1v) is 8.57. The van der Waals surface area contributed by atoms with Gasteiger partial charge in [0.2, 0.25) is 17.6 Å². The lowest BCUT2D eigenvalue weighted by Crippen LogP contribution is -2.47. The van der Waals surface area contributed by atoms with E-state index in [1.54, 1.807) is 12.1 Å². The lowest BCUT2D eigenvalue weighted by Gasteiger charge is -2.32. The van der Waals surface area contributed by atoms with Crippen molar-refractivity contribution in [2.75, 3.05) is 20.1 Å². The third-order valence-corrected chi connectivity index (χ3v) is 4.56. The molecule has 0 spiro atoms. The number of aromatic nitrogens is 2. The molecule has 1 amide bonds. The highest BCUT2D eigenvalue weighted by Gasteiger charge is 2.22. The van der Waals surface area contributed by atoms with Crippen molar-refractivity contribution in [3.8, 4) is 11.4 Å². The number of hydrogen-bond donors (Lipinski definition) is 1. The molecule has 1 atom stereocenters. The summed E-state index contributed by atoms with van der Waals surface area (Å²) in [5.41, 5.74) is 0.841. The zero-order valence-electron chi connectivity index (χ0n) is 13.7. The molecule has 0 radical (unpaired) electrons. The molecule has 7 heteroatoms. The third-order valence-electron chi connectivity index (χ3n) is 4.31. The van der Waals surface area contributed by atoms with E-state index >= 15 is 0 Å². The number of nitrogens with one attached hydrogen (secondary N) is 1. The number of nitrogens with zero attached hydrogens (tertiary/aromatic N) is 3. The second-order valence-corrected chi connectivity index (χ2v) is 6.42. The van der Waals surface area contributed by atoms with Crippen LogP contribution in [-0.4, -0.2) is 47.1 Å².